The van der Waals surface area contributed by atoms with Crippen molar-refractivity contribution < 1.29 is 14.3 Å². The van der Waals surface area contributed by atoms with Crippen LogP contribution < -0.4 is 0 Å². The minimum Gasteiger partial charge on any atom is -0.466 e. The van der Waals surface area contributed by atoms with Gasteiger partial charge in [-0.25, -0.2) is 4.79 Å². The van der Waals surface area contributed by atoms with Gasteiger partial charge in [0.05, 0.1) is 7.11 Å². The normalized spacial score (nSPS) is 33.0. The molecule has 1 fully saturated rings. The van der Waals surface area contributed by atoms with E-state index in [1.54, 1.807) is 0 Å². The summed E-state index contributed by atoms with van der Waals surface area (Å²) in [6.45, 7) is 0. The van der Waals surface area contributed by atoms with Gasteiger partial charge in [0.15, 0.2) is 5.78 Å². The Morgan fingerprint density at radius 1 is 1.54 bits per heavy atom. The molecule has 0 heterocycles. The molecule has 0 aromatic heterocycles. The number of methoxy groups -OCH3 is 1. The molecule has 0 radical (unpaired) electrons. The number of allylic oxidation sites excluding steroid dienone is 3. The van der Waals surface area contributed by atoms with Crippen LogP contribution in [0.5, 0.6) is 0 Å². The second-order valence-corrected chi connectivity index (χ2v) is 3.32. The van der Waals surface area contributed by atoms with Crippen molar-refractivity contribution in [2.45, 2.75) is 6.42 Å². The van der Waals surface area contributed by atoms with E-state index in [0.29, 0.717) is 5.57 Å². The van der Waals surface area contributed by atoms with E-state index in [9.17, 15) is 9.59 Å². The van der Waals surface area contributed by atoms with Crippen molar-refractivity contribution in [3.8, 4) is 0 Å². The van der Waals surface area contributed by atoms with Crippen LogP contribution in [0, 0.1) is 11.8 Å². The molecule has 2 rings (SSSR count). The Bertz CT molecular complexity index is 325. The van der Waals surface area contributed by atoms with Crippen LogP contribution in [0.25, 0.3) is 0 Å². The lowest BCUT2D eigenvalue weighted by molar-refractivity contribution is -0.135. The molecule has 0 amide bonds. The molecule has 0 spiro atoms. The Morgan fingerprint density at radius 3 is 2.77 bits per heavy atom. The fourth-order valence-electron chi connectivity index (χ4n) is 1.88. The van der Waals surface area contributed by atoms with Crippen molar-refractivity contribution >= 4 is 11.8 Å². The van der Waals surface area contributed by atoms with Crippen LogP contribution in [-0.4, -0.2) is 18.9 Å². The third kappa shape index (κ3) is 1.20. The van der Waals surface area contributed by atoms with E-state index >= 15 is 0 Å². The molecule has 0 saturated heterocycles. The minimum atomic E-state index is -0.440. The van der Waals surface area contributed by atoms with Gasteiger partial charge >= 0.3 is 5.97 Å². The standard InChI is InChI=1S/C10H10O3/c1-13-9(11)5-8-6-2-3-7(4-6)10(8)12/h2-3,5-7H,4H2,1H3/b8-5-. The predicted molar refractivity (Wildman–Crippen MR) is 45.8 cm³/mol. The van der Waals surface area contributed by atoms with Crippen LogP contribution in [-0.2, 0) is 14.3 Å². The van der Waals surface area contributed by atoms with Gasteiger partial charge in [-0.1, -0.05) is 12.2 Å². The zero-order valence-corrected chi connectivity index (χ0v) is 7.32. The molecule has 1 saturated carbocycles. The monoisotopic (exact) mass is 178 g/mol. The van der Waals surface area contributed by atoms with Crippen molar-refractivity contribution in [2.24, 2.45) is 11.8 Å². The van der Waals surface area contributed by atoms with Crippen LogP contribution in [0.3, 0.4) is 0 Å². The molecule has 2 unspecified atom stereocenters. The number of hydrogen-bond acceptors (Lipinski definition) is 3. The fourth-order valence-corrected chi connectivity index (χ4v) is 1.88. The van der Waals surface area contributed by atoms with E-state index in [2.05, 4.69) is 4.74 Å². The van der Waals surface area contributed by atoms with Gasteiger partial charge in [0.2, 0.25) is 0 Å². The third-order valence-electron chi connectivity index (χ3n) is 2.58. The molecule has 13 heavy (non-hydrogen) atoms. The summed E-state index contributed by atoms with van der Waals surface area (Å²) in [5.74, 6) is -0.195. The van der Waals surface area contributed by atoms with Gasteiger partial charge in [-0.05, 0) is 6.42 Å². The maximum atomic E-state index is 11.5. The molecular weight excluding hydrogens is 168 g/mol. The average Bonchev–Trinajstić information content (AvgIpc) is 2.69. The van der Waals surface area contributed by atoms with Crippen LogP contribution in [0.2, 0.25) is 0 Å². The number of esters is 1. The van der Waals surface area contributed by atoms with Crippen LogP contribution in [0.4, 0.5) is 0 Å². The lowest BCUT2D eigenvalue weighted by Crippen LogP contribution is -2.10. The quantitative estimate of drug-likeness (QED) is 0.340. The Balaban J connectivity index is 2.26. The van der Waals surface area contributed by atoms with E-state index in [1.165, 1.54) is 13.2 Å². The Morgan fingerprint density at radius 2 is 2.23 bits per heavy atom. The average molecular weight is 178 g/mol. The lowest BCUT2D eigenvalue weighted by atomic mass is 9.99. The number of carbonyl (C=O) groups is 2. The van der Waals surface area contributed by atoms with Crippen LogP contribution in [0.15, 0.2) is 23.8 Å². The Kier molecular flexibility index (Phi) is 1.79. The smallest absolute Gasteiger partial charge is 0.330 e. The summed E-state index contributed by atoms with van der Waals surface area (Å²) in [6.07, 6.45) is 6.06. The largest absolute Gasteiger partial charge is 0.466 e. The summed E-state index contributed by atoms with van der Waals surface area (Å²) in [4.78, 5) is 22.4. The van der Waals surface area contributed by atoms with Crippen LogP contribution >= 0.6 is 0 Å². The van der Waals surface area contributed by atoms with Gasteiger partial charge in [-0.3, -0.25) is 4.79 Å². The number of hydrogen-bond donors (Lipinski definition) is 0. The molecule has 2 aliphatic carbocycles. The van der Waals surface area contributed by atoms with Gasteiger partial charge in [-0.15, -0.1) is 0 Å². The first-order valence-corrected chi connectivity index (χ1v) is 4.24. The first-order valence-electron chi connectivity index (χ1n) is 4.24. The highest BCUT2D eigenvalue weighted by atomic mass is 16.5. The second kappa shape index (κ2) is 2.83. The first kappa shape index (κ1) is 8.23. The molecule has 0 aliphatic heterocycles. The molecule has 2 bridgehead atoms. The lowest BCUT2D eigenvalue weighted by Gasteiger charge is -2.05. The topological polar surface area (TPSA) is 43.4 Å². The molecule has 0 N–H and O–H groups in total. The maximum absolute atomic E-state index is 11.5. The van der Waals surface area contributed by atoms with Gasteiger partial charge in [0, 0.05) is 23.5 Å². The first-order chi connectivity index (χ1) is 6.22. The number of Topliss-reactive ketones (excluding diaryl/α,β-unsaturated/α-hetero) is 1. The summed E-state index contributed by atoms with van der Waals surface area (Å²) in [7, 11) is 1.31. The molecule has 2 aliphatic rings. The van der Waals surface area contributed by atoms with Gasteiger partial charge in [0.25, 0.3) is 0 Å². The number of rotatable bonds is 1. The summed E-state index contributed by atoms with van der Waals surface area (Å²) < 4.78 is 4.48. The molecular formula is C10H10O3. The summed E-state index contributed by atoms with van der Waals surface area (Å²) in [5.41, 5.74) is 0.611. The molecule has 68 valence electrons. The van der Waals surface area contributed by atoms with Gasteiger partial charge in [0.1, 0.15) is 0 Å². The molecule has 2 atom stereocenters. The Hall–Kier alpha value is -1.38. The van der Waals surface area contributed by atoms with E-state index in [1.807, 2.05) is 12.2 Å². The number of fused-ring (bicyclic) bond motifs is 2. The number of carbonyl (C=O) groups excluding carboxylic acids is 2. The third-order valence-corrected chi connectivity index (χ3v) is 2.58. The number of ether oxygens (including phenoxy) is 1. The minimum absolute atomic E-state index is 0.0147. The maximum Gasteiger partial charge on any atom is 0.330 e. The van der Waals surface area contributed by atoms with E-state index in [4.69, 9.17) is 0 Å². The van der Waals surface area contributed by atoms with Crippen molar-refractivity contribution in [1.82, 2.24) is 0 Å². The summed E-state index contributed by atoms with van der Waals surface area (Å²) in [6, 6.07) is 0. The molecule has 3 nitrogen and oxygen atoms in total. The van der Waals surface area contributed by atoms with Crippen molar-refractivity contribution in [3.63, 3.8) is 0 Å². The van der Waals surface area contributed by atoms with E-state index < -0.39 is 5.97 Å². The van der Waals surface area contributed by atoms with Crippen LogP contribution in [0.1, 0.15) is 6.42 Å². The van der Waals surface area contributed by atoms with E-state index in [0.717, 1.165) is 6.42 Å². The van der Waals surface area contributed by atoms with Crippen molar-refractivity contribution in [1.29, 1.82) is 0 Å². The van der Waals surface area contributed by atoms with Crippen molar-refractivity contribution in [3.05, 3.63) is 23.8 Å². The Labute approximate surface area is 76.1 Å². The van der Waals surface area contributed by atoms with E-state index in [-0.39, 0.29) is 17.6 Å². The van der Waals surface area contributed by atoms with Crippen molar-refractivity contribution in [2.75, 3.05) is 7.11 Å². The van der Waals surface area contributed by atoms with Gasteiger partial charge < -0.3 is 4.74 Å². The SMILES string of the molecule is COC(=O)/C=C1\C(=O)C2C=CC1C2. The fraction of sp³-hybridized carbons (Fsp3) is 0.400. The summed E-state index contributed by atoms with van der Waals surface area (Å²) in [5, 5.41) is 0. The highest BCUT2D eigenvalue weighted by Crippen LogP contribution is 2.40. The molecule has 3 heteroatoms. The zero-order valence-electron chi connectivity index (χ0n) is 7.32. The highest BCUT2D eigenvalue weighted by molar-refractivity contribution is 6.06. The zero-order chi connectivity index (χ0) is 9.42. The number of ketones is 1. The molecule has 0 aromatic rings. The second-order valence-electron chi connectivity index (χ2n) is 3.32. The molecule has 0 aromatic carbocycles. The summed E-state index contributed by atoms with van der Waals surface area (Å²) >= 11 is 0. The van der Waals surface area contributed by atoms with Gasteiger partial charge in [-0.2, -0.15) is 0 Å². The predicted octanol–water partition coefficient (Wildman–Crippen LogP) is 0.861. The highest BCUT2D eigenvalue weighted by Gasteiger charge is 2.39.